The first-order chi connectivity index (χ1) is 18.8. The second kappa shape index (κ2) is 11.3. The van der Waals surface area contributed by atoms with Crippen LogP contribution in [0, 0.1) is 6.92 Å². The van der Waals surface area contributed by atoms with E-state index in [2.05, 4.69) is 20.2 Å². The lowest BCUT2D eigenvalue weighted by Crippen LogP contribution is -2.35. The molecule has 0 fully saturated rings. The number of aromatic nitrogens is 4. The number of benzene rings is 2. The Bertz CT molecular complexity index is 1550. The van der Waals surface area contributed by atoms with Crippen LogP contribution in [0.5, 0.6) is 0 Å². The van der Waals surface area contributed by atoms with Crippen molar-refractivity contribution in [1.82, 2.24) is 25.1 Å². The highest BCUT2D eigenvalue weighted by molar-refractivity contribution is 7.09. The van der Waals surface area contributed by atoms with Crippen molar-refractivity contribution in [3.63, 3.8) is 0 Å². The maximum absolute atomic E-state index is 13.6. The van der Waals surface area contributed by atoms with Crippen molar-refractivity contribution in [2.75, 3.05) is 13.2 Å². The van der Waals surface area contributed by atoms with Gasteiger partial charge in [0.2, 0.25) is 17.7 Å². The number of amides is 1. The van der Waals surface area contributed by atoms with E-state index in [0.717, 1.165) is 16.3 Å². The molecule has 200 valence electrons. The summed E-state index contributed by atoms with van der Waals surface area (Å²) in [5.74, 6) is 0.382. The fourth-order valence-corrected chi connectivity index (χ4v) is 4.99. The van der Waals surface area contributed by atoms with Crippen LogP contribution in [0.25, 0.3) is 22.9 Å². The van der Waals surface area contributed by atoms with Crippen LogP contribution in [0.3, 0.4) is 0 Å². The van der Waals surface area contributed by atoms with E-state index in [1.807, 2.05) is 49.6 Å². The molecule has 2 aromatic carbocycles. The Morgan fingerprint density at radius 3 is 2.56 bits per heavy atom. The van der Waals surface area contributed by atoms with Crippen LogP contribution in [0.2, 0.25) is 0 Å². The molecule has 2 N–H and O–H groups in total. The second-order valence-electron chi connectivity index (χ2n) is 9.43. The van der Waals surface area contributed by atoms with Crippen molar-refractivity contribution in [3.05, 3.63) is 94.1 Å². The number of thiazole rings is 1. The minimum absolute atomic E-state index is 0.0776. The highest BCUT2D eigenvalue weighted by Crippen LogP contribution is 2.30. The van der Waals surface area contributed by atoms with Gasteiger partial charge in [-0.3, -0.25) is 4.79 Å². The summed E-state index contributed by atoms with van der Waals surface area (Å²) in [5, 5.41) is 11.1. The molecule has 0 saturated carbocycles. The van der Waals surface area contributed by atoms with Crippen LogP contribution >= 0.6 is 11.3 Å². The first-order valence-corrected chi connectivity index (χ1v) is 13.2. The highest BCUT2D eigenvalue weighted by atomic mass is 32.1. The van der Waals surface area contributed by atoms with Gasteiger partial charge in [-0.2, -0.15) is 0 Å². The van der Waals surface area contributed by atoms with E-state index >= 15 is 0 Å². The third kappa shape index (κ3) is 6.10. The number of hydrogen-bond acceptors (Lipinski definition) is 9. The highest BCUT2D eigenvalue weighted by Gasteiger charge is 2.29. The Kier molecular flexibility index (Phi) is 7.62. The average Bonchev–Trinajstić information content (AvgIpc) is 3.71. The Labute approximate surface area is 228 Å². The number of hydrogen-bond donors (Lipinski definition) is 1. The number of halogens is 1. The van der Waals surface area contributed by atoms with Crippen molar-refractivity contribution in [3.8, 4) is 22.9 Å². The van der Waals surface area contributed by atoms with Gasteiger partial charge in [0.25, 0.3) is 5.91 Å². The van der Waals surface area contributed by atoms with Gasteiger partial charge in [-0.1, -0.05) is 30.3 Å². The van der Waals surface area contributed by atoms with Crippen LogP contribution in [-0.4, -0.2) is 44.2 Å². The normalized spacial score (nSPS) is 12.8. The van der Waals surface area contributed by atoms with Crippen molar-refractivity contribution in [1.29, 1.82) is 0 Å². The Morgan fingerprint density at radius 1 is 1.13 bits per heavy atom. The number of alkyl halides is 1. The van der Waals surface area contributed by atoms with E-state index in [9.17, 15) is 9.18 Å². The third-order valence-electron chi connectivity index (χ3n) is 6.07. The number of carbonyl (C=O) groups excluding carboxylic acids is 1. The average molecular weight is 547 g/mol. The van der Waals surface area contributed by atoms with Crippen LogP contribution in [0.15, 0.2) is 75.2 Å². The fraction of sp³-hybridized carbons (Fsp3) is 0.250. The Hall–Kier alpha value is -4.22. The molecule has 9 nitrogen and oxygen atoms in total. The Balaban J connectivity index is 1.49. The molecule has 0 spiro atoms. The van der Waals surface area contributed by atoms with E-state index in [-0.39, 0.29) is 30.8 Å². The summed E-state index contributed by atoms with van der Waals surface area (Å²) in [6.45, 7) is 3.12. The molecule has 0 aliphatic heterocycles. The van der Waals surface area contributed by atoms with Gasteiger partial charge < -0.3 is 19.5 Å². The molecule has 1 atom stereocenters. The summed E-state index contributed by atoms with van der Waals surface area (Å²) in [7, 11) is 0. The molecular weight excluding hydrogens is 519 g/mol. The number of carbonyl (C=O) groups is 1. The lowest BCUT2D eigenvalue weighted by atomic mass is 9.94. The van der Waals surface area contributed by atoms with Crippen molar-refractivity contribution >= 4 is 17.2 Å². The summed E-state index contributed by atoms with van der Waals surface area (Å²) in [5.41, 5.74) is 8.84. The number of nitrogens with two attached hydrogens (primary N) is 1. The van der Waals surface area contributed by atoms with Gasteiger partial charge in [0.15, 0.2) is 0 Å². The summed E-state index contributed by atoms with van der Waals surface area (Å²) in [6, 6.07) is 14.8. The van der Waals surface area contributed by atoms with Gasteiger partial charge in [-0.25, -0.2) is 14.4 Å². The summed E-state index contributed by atoms with van der Waals surface area (Å²) < 4.78 is 25.0. The zero-order valence-corrected chi connectivity index (χ0v) is 22.3. The van der Waals surface area contributed by atoms with E-state index in [0.29, 0.717) is 29.0 Å². The molecule has 1 unspecified atom stereocenters. The van der Waals surface area contributed by atoms with E-state index < -0.39 is 12.2 Å². The molecule has 39 heavy (non-hydrogen) atoms. The smallest absolute Gasteiger partial charge is 0.254 e. The topological polar surface area (TPSA) is 124 Å². The van der Waals surface area contributed by atoms with E-state index in [1.54, 1.807) is 18.2 Å². The summed E-state index contributed by atoms with van der Waals surface area (Å²) >= 11 is 1.43. The fourth-order valence-electron chi connectivity index (χ4n) is 4.21. The zero-order chi connectivity index (χ0) is 27.4. The quantitative estimate of drug-likeness (QED) is 0.254. The van der Waals surface area contributed by atoms with Gasteiger partial charge in [0, 0.05) is 34.3 Å². The molecule has 5 aromatic rings. The first kappa shape index (κ1) is 26.4. The van der Waals surface area contributed by atoms with Crippen molar-refractivity contribution < 1.29 is 18.0 Å². The van der Waals surface area contributed by atoms with E-state index in [4.69, 9.17) is 14.6 Å². The molecule has 3 heterocycles. The molecule has 1 amide bonds. The van der Waals surface area contributed by atoms with Crippen molar-refractivity contribution in [2.45, 2.75) is 32.4 Å². The molecule has 11 heteroatoms. The standard InChI is InChI=1S/C28H27FN6O3S/c1-18-17-39-23(32-18)16-35(10-8-29)26(36)22-13-20(24-31-9-11-37-24)12-21(14-22)25-33-34-27(38-25)28(2,30)15-19-6-4-3-5-7-19/h3-7,9,11-14,17H,8,10,15-16,30H2,1-2H3. The number of rotatable bonds is 10. The molecule has 0 radical (unpaired) electrons. The SMILES string of the molecule is Cc1csc(CN(CCF)C(=O)c2cc(-c3ncco3)cc(-c3nnc(C(C)(N)Cc4ccccc4)o3)c2)n1. The van der Waals surface area contributed by atoms with Gasteiger partial charge >= 0.3 is 0 Å². The number of nitrogens with zero attached hydrogens (tertiary/aromatic N) is 5. The Morgan fingerprint density at radius 2 is 1.90 bits per heavy atom. The number of oxazole rings is 1. The maximum atomic E-state index is 13.6. The minimum atomic E-state index is -0.921. The van der Waals surface area contributed by atoms with Gasteiger partial charge in [-0.05, 0) is 44.0 Å². The summed E-state index contributed by atoms with van der Waals surface area (Å²) in [6.07, 6.45) is 3.44. The molecular formula is C28H27FN6O3S. The first-order valence-electron chi connectivity index (χ1n) is 12.3. The lowest BCUT2D eigenvalue weighted by molar-refractivity contribution is 0.0731. The zero-order valence-electron chi connectivity index (χ0n) is 21.5. The van der Waals surface area contributed by atoms with Gasteiger partial charge in [0.1, 0.15) is 17.9 Å². The maximum Gasteiger partial charge on any atom is 0.254 e. The molecule has 0 aliphatic rings. The van der Waals surface area contributed by atoms with Crippen LogP contribution in [-0.2, 0) is 18.5 Å². The van der Waals surface area contributed by atoms with E-state index in [1.165, 1.54) is 28.7 Å². The van der Waals surface area contributed by atoms with Gasteiger partial charge in [0.05, 0.1) is 18.3 Å². The molecule has 5 rings (SSSR count). The minimum Gasteiger partial charge on any atom is -0.445 e. The van der Waals surface area contributed by atoms with Crippen LogP contribution in [0.4, 0.5) is 4.39 Å². The lowest BCUT2D eigenvalue weighted by Gasteiger charge is -2.21. The van der Waals surface area contributed by atoms with Gasteiger partial charge in [-0.15, -0.1) is 21.5 Å². The second-order valence-corrected chi connectivity index (χ2v) is 10.4. The molecule has 0 saturated heterocycles. The largest absolute Gasteiger partial charge is 0.445 e. The predicted molar refractivity (Wildman–Crippen MR) is 144 cm³/mol. The predicted octanol–water partition coefficient (Wildman–Crippen LogP) is 5.19. The summed E-state index contributed by atoms with van der Waals surface area (Å²) in [4.78, 5) is 23.7. The monoisotopic (exact) mass is 546 g/mol. The molecule has 0 aliphatic carbocycles. The van der Waals surface area contributed by atoms with Crippen LogP contribution in [0.1, 0.15) is 39.4 Å². The number of aryl methyl sites for hydroxylation is 1. The van der Waals surface area contributed by atoms with Crippen molar-refractivity contribution in [2.24, 2.45) is 5.73 Å². The molecule has 3 aromatic heterocycles. The third-order valence-corrected chi connectivity index (χ3v) is 7.02. The molecule has 0 bridgehead atoms. The van der Waals surface area contributed by atoms with Crippen LogP contribution < -0.4 is 5.73 Å².